The summed E-state index contributed by atoms with van der Waals surface area (Å²) in [6, 6.07) is 22.4. The van der Waals surface area contributed by atoms with Crippen molar-refractivity contribution >= 4 is 0 Å². The van der Waals surface area contributed by atoms with Gasteiger partial charge in [0, 0.05) is 26.2 Å². The van der Waals surface area contributed by atoms with Crippen LogP contribution in [0.15, 0.2) is 60.7 Å². The maximum atomic E-state index is 5.82. The fourth-order valence-electron chi connectivity index (χ4n) is 4.24. The van der Waals surface area contributed by atoms with Crippen molar-refractivity contribution in [2.24, 2.45) is 5.92 Å². The maximum Gasteiger partial charge on any atom is 0.0651 e. The molecule has 26 heavy (non-hydrogen) atoms. The van der Waals surface area contributed by atoms with E-state index in [1.165, 1.54) is 36.8 Å². The molecule has 1 aliphatic rings. The Morgan fingerprint density at radius 1 is 0.885 bits per heavy atom. The first-order valence-electron chi connectivity index (χ1n) is 9.95. The lowest BCUT2D eigenvalue weighted by atomic mass is 9.76. The summed E-state index contributed by atoms with van der Waals surface area (Å²) in [6.45, 7) is 6.53. The van der Waals surface area contributed by atoms with E-state index < -0.39 is 0 Å². The minimum atomic E-state index is -0.0379. The number of hydrogen-bond acceptors (Lipinski definition) is 2. The third kappa shape index (κ3) is 4.96. The first kappa shape index (κ1) is 19.1. The highest BCUT2D eigenvalue weighted by atomic mass is 16.5. The van der Waals surface area contributed by atoms with Crippen LogP contribution in [0, 0.1) is 5.92 Å². The van der Waals surface area contributed by atoms with E-state index in [2.05, 4.69) is 79.4 Å². The standard InChI is InChI=1S/C24H33NO/c1-24(2,26-3)22-15-10-16-23(17-22)25(18-20-11-6-4-7-12-20)19-21-13-8-5-9-14-21/h4-9,11-14,22-23H,10,15-19H2,1-3H3/t22-,23-/m1/s1. The van der Waals surface area contributed by atoms with Gasteiger partial charge < -0.3 is 4.74 Å². The molecule has 2 atom stereocenters. The van der Waals surface area contributed by atoms with E-state index in [0.29, 0.717) is 12.0 Å². The highest BCUT2D eigenvalue weighted by Gasteiger charge is 2.35. The Morgan fingerprint density at radius 3 is 1.92 bits per heavy atom. The molecule has 1 fully saturated rings. The molecule has 0 amide bonds. The predicted octanol–water partition coefficient (Wildman–Crippen LogP) is 5.67. The van der Waals surface area contributed by atoms with Gasteiger partial charge in [-0.1, -0.05) is 67.1 Å². The topological polar surface area (TPSA) is 12.5 Å². The molecular weight excluding hydrogens is 318 g/mol. The van der Waals surface area contributed by atoms with Gasteiger partial charge in [0.15, 0.2) is 0 Å². The van der Waals surface area contributed by atoms with Crippen molar-refractivity contribution in [3.8, 4) is 0 Å². The Balaban J connectivity index is 1.77. The van der Waals surface area contributed by atoms with Gasteiger partial charge in [-0.3, -0.25) is 4.90 Å². The summed E-state index contributed by atoms with van der Waals surface area (Å²) in [7, 11) is 1.86. The van der Waals surface area contributed by atoms with Crippen LogP contribution in [0.5, 0.6) is 0 Å². The van der Waals surface area contributed by atoms with Crippen molar-refractivity contribution in [2.75, 3.05) is 7.11 Å². The average molecular weight is 352 g/mol. The van der Waals surface area contributed by atoms with Gasteiger partial charge in [-0.2, -0.15) is 0 Å². The van der Waals surface area contributed by atoms with E-state index in [1.807, 2.05) is 7.11 Å². The fraction of sp³-hybridized carbons (Fsp3) is 0.500. The molecule has 0 saturated heterocycles. The predicted molar refractivity (Wildman–Crippen MR) is 109 cm³/mol. The molecular formula is C24H33NO. The van der Waals surface area contributed by atoms with Gasteiger partial charge in [-0.15, -0.1) is 0 Å². The lowest BCUT2D eigenvalue weighted by molar-refractivity contribution is -0.0540. The van der Waals surface area contributed by atoms with Gasteiger partial charge in [-0.05, 0) is 50.2 Å². The van der Waals surface area contributed by atoms with E-state index in [-0.39, 0.29) is 5.60 Å². The lowest BCUT2D eigenvalue weighted by Gasteiger charge is -2.43. The average Bonchev–Trinajstić information content (AvgIpc) is 2.69. The number of benzene rings is 2. The summed E-state index contributed by atoms with van der Waals surface area (Å²) >= 11 is 0. The van der Waals surface area contributed by atoms with E-state index in [4.69, 9.17) is 4.74 Å². The molecule has 1 aliphatic carbocycles. The first-order chi connectivity index (χ1) is 12.6. The molecule has 0 N–H and O–H groups in total. The number of methoxy groups -OCH3 is 1. The van der Waals surface area contributed by atoms with Crippen molar-refractivity contribution in [2.45, 2.75) is 64.3 Å². The lowest BCUT2D eigenvalue weighted by Crippen LogP contribution is -2.44. The smallest absolute Gasteiger partial charge is 0.0651 e. The van der Waals surface area contributed by atoms with Gasteiger partial charge in [0.05, 0.1) is 5.60 Å². The molecule has 140 valence electrons. The summed E-state index contributed by atoms with van der Waals surface area (Å²) < 4.78 is 5.82. The quantitative estimate of drug-likeness (QED) is 0.637. The minimum Gasteiger partial charge on any atom is -0.379 e. The SMILES string of the molecule is COC(C)(C)[C@@H]1CCC[C@@H](N(Cc2ccccc2)Cc2ccccc2)C1. The van der Waals surface area contributed by atoms with Crippen LogP contribution in [0.2, 0.25) is 0 Å². The van der Waals surface area contributed by atoms with Crippen LogP contribution in [-0.4, -0.2) is 23.7 Å². The summed E-state index contributed by atoms with van der Waals surface area (Å²) in [6.07, 6.45) is 5.08. The Hall–Kier alpha value is -1.64. The number of rotatable bonds is 7. The molecule has 0 bridgehead atoms. The molecule has 0 unspecified atom stereocenters. The molecule has 0 aromatic heterocycles. The highest BCUT2D eigenvalue weighted by Crippen LogP contribution is 2.37. The summed E-state index contributed by atoms with van der Waals surface area (Å²) in [5, 5.41) is 0. The van der Waals surface area contributed by atoms with E-state index >= 15 is 0 Å². The van der Waals surface area contributed by atoms with Gasteiger partial charge in [-0.25, -0.2) is 0 Å². The van der Waals surface area contributed by atoms with Crippen LogP contribution < -0.4 is 0 Å². The van der Waals surface area contributed by atoms with Gasteiger partial charge in [0.1, 0.15) is 0 Å². The second kappa shape index (κ2) is 8.83. The Kier molecular flexibility index (Phi) is 6.50. The van der Waals surface area contributed by atoms with Crippen LogP contribution in [0.1, 0.15) is 50.7 Å². The van der Waals surface area contributed by atoms with Crippen molar-refractivity contribution in [3.63, 3.8) is 0 Å². The van der Waals surface area contributed by atoms with Crippen molar-refractivity contribution in [3.05, 3.63) is 71.8 Å². The fourth-order valence-corrected chi connectivity index (χ4v) is 4.24. The number of nitrogens with zero attached hydrogens (tertiary/aromatic N) is 1. The van der Waals surface area contributed by atoms with Gasteiger partial charge in [0.2, 0.25) is 0 Å². The number of hydrogen-bond donors (Lipinski definition) is 0. The third-order valence-electron chi connectivity index (χ3n) is 6.13. The normalized spacial score (nSPS) is 21.1. The van der Waals surface area contributed by atoms with Crippen molar-refractivity contribution in [1.29, 1.82) is 0 Å². The molecule has 2 nitrogen and oxygen atoms in total. The maximum absolute atomic E-state index is 5.82. The van der Waals surface area contributed by atoms with Crippen LogP contribution in [0.4, 0.5) is 0 Å². The zero-order valence-corrected chi connectivity index (χ0v) is 16.5. The summed E-state index contributed by atoms with van der Waals surface area (Å²) in [5.41, 5.74) is 2.76. The Bertz CT molecular complexity index is 611. The Morgan fingerprint density at radius 2 is 1.42 bits per heavy atom. The Labute approximate surface area is 159 Å². The monoisotopic (exact) mass is 351 g/mol. The molecule has 2 aromatic rings. The molecule has 0 radical (unpaired) electrons. The molecule has 0 aliphatic heterocycles. The molecule has 2 aromatic carbocycles. The van der Waals surface area contributed by atoms with E-state index in [1.54, 1.807) is 0 Å². The molecule has 0 heterocycles. The molecule has 3 rings (SSSR count). The minimum absolute atomic E-state index is 0.0379. The van der Waals surface area contributed by atoms with Crippen LogP contribution in [0.3, 0.4) is 0 Å². The van der Waals surface area contributed by atoms with Gasteiger partial charge in [0.25, 0.3) is 0 Å². The largest absolute Gasteiger partial charge is 0.379 e. The second-order valence-electron chi connectivity index (χ2n) is 8.20. The van der Waals surface area contributed by atoms with Crippen LogP contribution in [0.25, 0.3) is 0 Å². The van der Waals surface area contributed by atoms with E-state index in [0.717, 1.165) is 13.1 Å². The third-order valence-corrected chi connectivity index (χ3v) is 6.13. The zero-order chi connectivity index (χ0) is 18.4. The van der Waals surface area contributed by atoms with Crippen molar-refractivity contribution in [1.82, 2.24) is 4.90 Å². The van der Waals surface area contributed by atoms with E-state index in [9.17, 15) is 0 Å². The van der Waals surface area contributed by atoms with Crippen LogP contribution >= 0.6 is 0 Å². The first-order valence-corrected chi connectivity index (χ1v) is 9.95. The summed E-state index contributed by atoms with van der Waals surface area (Å²) in [4.78, 5) is 2.68. The zero-order valence-electron chi connectivity index (χ0n) is 16.5. The highest BCUT2D eigenvalue weighted by molar-refractivity contribution is 5.17. The van der Waals surface area contributed by atoms with Crippen LogP contribution in [-0.2, 0) is 17.8 Å². The van der Waals surface area contributed by atoms with Crippen molar-refractivity contribution < 1.29 is 4.74 Å². The molecule has 2 heteroatoms. The molecule has 1 saturated carbocycles. The van der Waals surface area contributed by atoms with Gasteiger partial charge >= 0.3 is 0 Å². The molecule has 0 spiro atoms. The second-order valence-corrected chi connectivity index (χ2v) is 8.20. The number of ether oxygens (including phenoxy) is 1. The summed E-state index contributed by atoms with van der Waals surface area (Å²) in [5.74, 6) is 0.625.